The Balaban J connectivity index is 1.40. The molecular formula is C30H23Cl. The van der Waals surface area contributed by atoms with Crippen molar-refractivity contribution in [1.29, 1.82) is 0 Å². The zero-order chi connectivity index (χ0) is 20.6. The van der Waals surface area contributed by atoms with Crippen LogP contribution < -0.4 is 0 Å². The highest BCUT2D eigenvalue weighted by Crippen LogP contribution is 2.63. The van der Waals surface area contributed by atoms with Crippen LogP contribution in [0.3, 0.4) is 0 Å². The molecule has 0 atom stereocenters. The summed E-state index contributed by atoms with van der Waals surface area (Å²) < 4.78 is 0. The number of hydrogen-bond donors (Lipinski definition) is 0. The maximum atomic E-state index is 6.52. The molecule has 0 radical (unpaired) electrons. The minimum Gasteiger partial charge on any atom is -0.0843 e. The van der Waals surface area contributed by atoms with Crippen molar-refractivity contribution >= 4 is 11.6 Å². The van der Waals surface area contributed by atoms with E-state index in [1.54, 1.807) is 0 Å². The second kappa shape index (κ2) is 6.11. The molecule has 0 bridgehead atoms. The predicted molar refractivity (Wildman–Crippen MR) is 129 cm³/mol. The van der Waals surface area contributed by atoms with Crippen molar-refractivity contribution in [1.82, 2.24) is 0 Å². The first kappa shape index (κ1) is 17.8. The van der Waals surface area contributed by atoms with Gasteiger partial charge in [0, 0.05) is 15.9 Å². The largest absolute Gasteiger partial charge is 0.0843 e. The molecule has 1 heteroatoms. The van der Waals surface area contributed by atoms with Gasteiger partial charge < -0.3 is 0 Å². The van der Waals surface area contributed by atoms with Gasteiger partial charge in [-0.3, -0.25) is 0 Å². The Morgan fingerprint density at radius 2 is 0.839 bits per heavy atom. The van der Waals surface area contributed by atoms with Crippen LogP contribution in [-0.4, -0.2) is 0 Å². The zero-order valence-electron chi connectivity index (χ0n) is 17.4. The van der Waals surface area contributed by atoms with Crippen LogP contribution in [0, 0.1) is 0 Å². The smallest absolute Gasteiger partial charge is 0.0409 e. The minimum absolute atomic E-state index is 0.0779. The van der Waals surface area contributed by atoms with E-state index in [0.717, 1.165) is 17.9 Å². The lowest BCUT2D eigenvalue weighted by molar-refractivity contribution is 0.265. The third-order valence-electron chi connectivity index (χ3n) is 8.36. The van der Waals surface area contributed by atoms with Crippen molar-refractivity contribution in [3.63, 3.8) is 0 Å². The predicted octanol–water partition coefficient (Wildman–Crippen LogP) is 8.15. The summed E-state index contributed by atoms with van der Waals surface area (Å²) in [7, 11) is 0. The number of rotatable bonds is 0. The molecule has 1 saturated carbocycles. The van der Waals surface area contributed by atoms with Gasteiger partial charge in [0.15, 0.2) is 0 Å². The standard InChI is InChI=1S/C30H23Cl/c31-20-13-14-24-23-9-3-6-12-27(23)30(28(24)19-20)17-15-29(16-18-30)25-10-4-1-7-21(25)22-8-2-5-11-26(22)29/h1-14,19H,15-18H2. The van der Waals surface area contributed by atoms with Gasteiger partial charge in [-0.15, -0.1) is 0 Å². The first-order valence-corrected chi connectivity index (χ1v) is 11.7. The quantitative estimate of drug-likeness (QED) is 0.270. The highest BCUT2D eigenvalue weighted by molar-refractivity contribution is 6.30. The first-order chi connectivity index (χ1) is 15.2. The van der Waals surface area contributed by atoms with Crippen molar-refractivity contribution < 1.29 is 0 Å². The summed E-state index contributed by atoms with van der Waals surface area (Å²) >= 11 is 6.52. The lowest BCUT2D eigenvalue weighted by Gasteiger charge is -2.45. The van der Waals surface area contributed by atoms with Crippen LogP contribution in [0.1, 0.15) is 47.9 Å². The average molecular weight is 419 g/mol. The summed E-state index contributed by atoms with van der Waals surface area (Å²) in [4.78, 5) is 0. The molecule has 3 aliphatic rings. The molecule has 0 saturated heterocycles. The van der Waals surface area contributed by atoms with Crippen LogP contribution in [0.25, 0.3) is 22.3 Å². The summed E-state index contributed by atoms with van der Waals surface area (Å²) in [6.07, 6.45) is 4.64. The van der Waals surface area contributed by atoms with E-state index >= 15 is 0 Å². The van der Waals surface area contributed by atoms with E-state index in [0.29, 0.717) is 0 Å². The van der Waals surface area contributed by atoms with Crippen molar-refractivity contribution in [2.24, 2.45) is 0 Å². The molecule has 150 valence electrons. The molecule has 0 aromatic heterocycles. The summed E-state index contributed by atoms with van der Waals surface area (Å²) in [5.74, 6) is 0. The molecule has 0 N–H and O–H groups in total. The fourth-order valence-corrected chi connectivity index (χ4v) is 7.20. The molecule has 2 spiro atoms. The normalized spacial score (nSPS) is 18.5. The molecule has 31 heavy (non-hydrogen) atoms. The Bertz CT molecular complexity index is 1310. The Hall–Kier alpha value is -2.83. The third kappa shape index (κ3) is 2.16. The van der Waals surface area contributed by atoms with Crippen molar-refractivity contribution in [2.45, 2.75) is 36.5 Å². The van der Waals surface area contributed by atoms with Gasteiger partial charge in [0.25, 0.3) is 0 Å². The van der Waals surface area contributed by atoms with Gasteiger partial charge in [0.2, 0.25) is 0 Å². The highest BCUT2D eigenvalue weighted by Gasteiger charge is 2.52. The fraction of sp³-hybridized carbons (Fsp3) is 0.200. The molecule has 0 nitrogen and oxygen atoms in total. The second-order valence-corrected chi connectivity index (χ2v) is 9.93. The van der Waals surface area contributed by atoms with Crippen molar-refractivity contribution in [3.05, 3.63) is 118 Å². The first-order valence-electron chi connectivity index (χ1n) is 11.3. The van der Waals surface area contributed by atoms with E-state index in [1.807, 2.05) is 6.07 Å². The Morgan fingerprint density at radius 1 is 0.452 bits per heavy atom. The minimum atomic E-state index is 0.0779. The van der Waals surface area contributed by atoms with E-state index < -0.39 is 0 Å². The SMILES string of the molecule is Clc1ccc2c(c1)C1(CCC3(CC1)c1ccccc1-c1ccccc13)c1ccccc1-2. The lowest BCUT2D eigenvalue weighted by atomic mass is 9.57. The molecular weight excluding hydrogens is 396 g/mol. The summed E-state index contributed by atoms with van der Waals surface area (Å²) in [6, 6.07) is 33.7. The van der Waals surface area contributed by atoms with Crippen molar-refractivity contribution in [3.8, 4) is 22.3 Å². The molecule has 0 unspecified atom stereocenters. The van der Waals surface area contributed by atoms with E-state index in [1.165, 1.54) is 57.3 Å². The zero-order valence-corrected chi connectivity index (χ0v) is 18.1. The van der Waals surface area contributed by atoms with Crippen molar-refractivity contribution in [2.75, 3.05) is 0 Å². The van der Waals surface area contributed by atoms with E-state index in [9.17, 15) is 0 Å². The van der Waals surface area contributed by atoms with Gasteiger partial charge in [-0.1, -0.05) is 90.5 Å². The fourth-order valence-electron chi connectivity index (χ4n) is 7.02. The Kier molecular flexibility index (Phi) is 3.51. The molecule has 3 aliphatic carbocycles. The van der Waals surface area contributed by atoms with Crippen LogP contribution in [0.15, 0.2) is 91.0 Å². The number of halogens is 1. The topological polar surface area (TPSA) is 0 Å². The van der Waals surface area contributed by atoms with E-state index in [4.69, 9.17) is 11.6 Å². The second-order valence-electron chi connectivity index (χ2n) is 9.49. The monoisotopic (exact) mass is 418 g/mol. The average Bonchev–Trinajstić information content (AvgIpc) is 3.25. The lowest BCUT2D eigenvalue weighted by Crippen LogP contribution is -2.39. The van der Waals surface area contributed by atoms with Gasteiger partial charge in [0.05, 0.1) is 0 Å². The van der Waals surface area contributed by atoms with Crippen LogP contribution in [0.2, 0.25) is 5.02 Å². The highest BCUT2D eigenvalue weighted by atomic mass is 35.5. The van der Waals surface area contributed by atoms with E-state index in [-0.39, 0.29) is 10.8 Å². The van der Waals surface area contributed by atoms with Crippen LogP contribution in [-0.2, 0) is 10.8 Å². The van der Waals surface area contributed by atoms with Gasteiger partial charge in [-0.25, -0.2) is 0 Å². The molecule has 0 heterocycles. The molecule has 1 fully saturated rings. The molecule has 0 amide bonds. The Morgan fingerprint density at radius 3 is 1.32 bits per heavy atom. The summed E-state index contributed by atoms with van der Waals surface area (Å²) in [5, 5.41) is 0.850. The molecule has 4 aromatic carbocycles. The summed E-state index contributed by atoms with van der Waals surface area (Å²) in [5.41, 5.74) is 11.9. The molecule has 7 rings (SSSR count). The molecule has 4 aromatic rings. The number of fused-ring (bicyclic) bond motifs is 10. The maximum Gasteiger partial charge on any atom is 0.0409 e. The number of benzene rings is 4. The van der Waals surface area contributed by atoms with Gasteiger partial charge in [-0.2, -0.15) is 0 Å². The molecule has 0 aliphatic heterocycles. The van der Waals surface area contributed by atoms with E-state index in [2.05, 4.69) is 84.9 Å². The Labute approximate surface area is 188 Å². The van der Waals surface area contributed by atoms with Gasteiger partial charge >= 0.3 is 0 Å². The van der Waals surface area contributed by atoms with Crippen LogP contribution >= 0.6 is 11.6 Å². The maximum absolute atomic E-state index is 6.52. The van der Waals surface area contributed by atoms with Crippen LogP contribution in [0.4, 0.5) is 0 Å². The van der Waals surface area contributed by atoms with Crippen LogP contribution in [0.5, 0.6) is 0 Å². The van der Waals surface area contributed by atoms with Gasteiger partial charge in [0.1, 0.15) is 0 Å². The summed E-state index contributed by atoms with van der Waals surface area (Å²) in [6.45, 7) is 0. The van der Waals surface area contributed by atoms with Gasteiger partial charge in [-0.05, 0) is 82.3 Å². The number of hydrogen-bond acceptors (Lipinski definition) is 0. The third-order valence-corrected chi connectivity index (χ3v) is 8.60.